The van der Waals surface area contributed by atoms with Gasteiger partial charge in [0, 0.05) is 38.8 Å². The lowest BCUT2D eigenvalue weighted by Gasteiger charge is -2.36. The lowest BCUT2D eigenvalue weighted by molar-refractivity contribution is 0.00494. The van der Waals surface area contributed by atoms with Crippen LogP contribution in [-0.2, 0) is 9.47 Å². The van der Waals surface area contributed by atoms with Crippen LogP contribution in [0.5, 0.6) is 0 Å². The zero-order valence-corrected chi connectivity index (χ0v) is 12.7. The molecule has 0 N–H and O–H groups in total. The normalized spacial score (nSPS) is 23.0. The number of hydrogen-bond acceptors (Lipinski definition) is 4. The third-order valence-corrected chi connectivity index (χ3v) is 4.49. The standard InChI is InChI=1S/C17H26N2O2/c1-2-4-16(5-3-1)17(19-10-14-21-15-11-19)6-7-18-8-12-20-13-9-18/h1-5,17H,6-15H2. The Balaban J connectivity index is 1.63. The van der Waals surface area contributed by atoms with Crippen LogP contribution in [-0.4, -0.2) is 69.0 Å². The predicted molar refractivity (Wildman–Crippen MR) is 83.5 cm³/mol. The third-order valence-electron chi connectivity index (χ3n) is 4.49. The maximum Gasteiger partial charge on any atom is 0.0594 e. The number of morpholine rings is 2. The van der Waals surface area contributed by atoms with Crippen molar-refractivity contribution in [3.8, 4) is 0 Å². The van der Waals surface area contributed by atoms with Crippen LogP contribution in [0.2, 0.25) is 0 Å². The van der Waals surface area contributed by atoms with Crippen molar-refractivity contribution in [3.05, 3.63) is 35.9 Å². The van der Waals surface area contributed by atoms with Crippen molar-refractivity contribution in [1.82, 2.24) is 9.80 Å². The van der Waals surface area contributed by atoms with Gasteiger partial charge in [-0.05, 0) is 12.0 Å². The summed E-state index contributed by atoms with van der Waals surface area (Å²) in [6.07, 6.45) is 1.18. The number of benzene rings is 1. The predicted octanol–water partition coefficient (Wildman–Crippen LogP) is 1.78. The summed E-state index contributed by atoms with van der Waals surface area (Å²) in [5.41, 5.74) is 1.44. The molecule has 116 valence electrons. The molecule has 2 fully saturated rings. The minimum atomic E-state index is 0.512. The summed E-state index contributed by atoms with van der Waals surface area (Å²) in [4.78, 5) is 5.11. The first kappa shape index (κ1) is 15.0. The summed E-state index contributed by atoms with van der Waals surface area (Å²) in [5.74, 6) is 0. The Morgan fingerprint density at radius 3 is 2.14 bits per heavy atom. The second-order valence-corrected chi connectivity index (χ2v) is 5.82. The second kappa shape index (κ2) is 7.90. The average molecular weight is 290 g/mol. The van der Waals surface area contributed by atoms with Crippen LogP contribution in [0.1, 0.15) is 18.0 Å². The number of nitrogens with zero attached hydrogens (tertiary/aromatic N) is 2. The fourth-order valence-corrected chi connectivity index (χ4v) is 3.25. The van der Waals surface area contributed by atoms with E-state index in [-0.39, 0.29) is 0 Å². The van der Waals surface area contributed by atoms with E-state index in [1.54, 1.807) is 0 Å². The molecule has 4 nitrogen and oxygen atoms in total. The van der Waals surface area contributed by atoms with Gasteiger partial charge < -0.3 is 9.47 Å². The van der Waals surface area contributed by atoms with E-state index in [1.807, 2.05) is 0 Å². The number of rotatable bonds is 5. The van der Waals surface area contributed by atoms with E-state index in [0.717, 1.165) is 59.2 Å². The molecule has 0 spiro atoms. The Morgan fingerprint density at radius 1 is 0.857 bits per heavy atom. The molecule has 0 radical (unpaired) electrons. The van der Waals surface area contributed by atoms with E-state index in [1.165, 1.54) is 12.0 Å². The lowest BCUT2D eigenvalue weighted by atomic mass is 10.0. The molecule has 21 heavy (non-hydrogen) atoms. The van der Waals surface area contributed by atoms with Crippen molar-refractivity contribution in [2.24, 2.45) is 0 Å². The molecule has 2 heterocycles. The highest BCUT2D eigenvalue weighted by Gasteiger charge is 2.23. The summed E-state index contributed by atoms with van der Waals surface area (Å²) in [5, 5.41) is 0. The molecule has 1 atom stereocenters. The summed E-state index contributed by atoms with van der Waals surface area (Å²) in [6.45, 7) is 8.88. The van der Waals surface area contributed by atoms with Crippen LogP contribution >= 0.6 is 0 Å². The Bertz CT molecular complexity index is 401. The molecule has 0 amide bonds. The van der Waals surface area contributed by atoms with Crippen molar-refractivity contribution >= 4 is 0 Å². The van der Waals surface area contributed by atoms with Crippen LogP contribution in [0.4, 0.5) is 0 Å². The summed E-state index contributed by atoms with van der Waals surface area (Å²) >= 11 is 0. The molecule has 0 bridgehead atoms. The van der Waals surface area contributed by atoms with Crippen molar-refractivity contribution in [2.45, 2.75) is 12.5 Å². The maximum atomic E-state index is 5.51. The van der Waals surface area contributed by atoms with Crippen molar-refractivity contribution in [2.75, 3.05) is 59.2 Å². The third kappa shape index (κ3) is 4.27. The molecule has 2 aliphatic rings. The fraction of sp³-hybridized carbons (Fsp3) is 0.647. The molecule has 0 aromatic heterocycles. The van der Waals surface area contributed by atoms with Gasteiger partial charge in [-0.2, -0.15) is 0 Å². The highest BCUT2D eigenvalue weighted by atomic mass is 16.5. The molecule has 1 unspecified atom stereocenters. The first-order valence-electron chi connectivity index (χ1n) is 8.10. The first-order valence-corrected chi connectivity index (χ1v) is 8.10. The SMILES string of the molecule is c1ccc(C(CCN2CCOCC2)N2CCOCC2)cc1. The van der Waals surface area contributed by atoms with Crippen molar-refractivity contribution < 1.29 is 9.47 Å². The van der Waals surface area contributed by atoms with Crippen LogP contribution in [0.25, 0.3) is 0 Å². The van der Waals surface area contributed by atoms with E-state index in [4.69, 9.17) is 9.47 Å². The maximum absolute atomic E-state index is 5.51. The van der Waals surface area contributed by atoms with Gasteiger partial charge in [0.05, 0.1) is 26.4 Å². The van der Waals surface area contributed by atoms with Gasteiger partial charge in [0.25, 0.3) is 0 Å². The highest BCUT2D eigenvalue weighted by molar-refractivity contribution is 5.19. The second-order valence-electron chi connectivity index (χ2n) is 5.82. The molecule has 0 aliphatic carbocycles. The van der Waals surface area contributed by atoms with Crippen molar-refractivity contribution in [1.29, 1.82) is 0 Å². The van der Waals surface area contributed by atoms with Crippen LogP contribution in [0.15, 0.2) is 30.3 Å². The fourth-order valence-electron chi connectivity index (χ4n) is 3.25. The quantitative estimate of drug-likeness (QED) is 0.825. The van der Waals surface area contributed by atoms with Gasteiger partial charge in [0.2, 0.25) is 0 Å². The highest BCUT2D eigenvalue weighted by Crippen LogP contribution is 2.25. The molecule has 1 aromatic carbocycles. The molecular weight excluding hydrogens is 264 g/mol. The van der Waals surface area contributed by atoms with E-state index < -0.39 is 0 Å². The van der Waals surface area contributed by atoms with Gasteiger partial charge in [0.15, 0.2) is 0 Å². The first-order chi connectivity index (χ1) is 10.4. The number of ether oxygens (including phenoxy) is 2. The molecule has 2 aliphatic heterocycles. The van der Waals surface area contributed by atoms with Crippen molar-refractivity contribution in [3.63, 3.8) is 0 Å². The Hall–Kier alpha value is -0.940. The molecule has 4 heteroatoms. The van der Waals surface area contributed by atoms with Crippen LogP contribution in [0, 0.1) is 0 Å². The van der Waals surface area contributed by atoms with Gasteiger partial charge in [-0.15, -0.1) is 0 Å². The zero-order valence-electron chi connectivity index (χ0n) is 12.7. The van der Waals surface area contributed by atoms with E-state index >= 15 is 0 Å². The van der Waals surface area contributed by atoms with Gasteiger partial charge in [-0.25, -0.2) is 0 Å². The Labute approximate surface area is 127 Å². The van der Waals surface area contributed by atoms with Crippen LogP contribution in [0.3, 0.4) is 0 Å². The zero-order chi connectivity index (χ0) is 14.3. The molecule has 3 rings (SSSR count). The Morgan fingerprint density at radius 2 is 1.48 bits per heavy atom. The Kier molecular flexibility index (Phi) is 5.63. The average Bonchev–Trinajstić information content (AvgIpc) is 2.58. The van der Waals surface area contributed by atoms with E-state index in [9.17, 15) is 0 Å². The lowest BCUT2D eigenvalue weighted by Crippen LogP contribution is -2.42. The van der Waals surface area contributed by atoms with E-state index in [2.05, 4.69) is 40.1 Å². The van der Waals surface area contributed by atoms with Gasteiger partial charge in [0.1, 0.15) is 0 Å². The molecule has 0 saturated carbocycles. The van der Waals surface area contributed by atoms with E-state index in [0.29, 0.717) is 6.04 Å². The monoisotopic (exact) mass is 290 g/mol. The molecule has 1 aromatic rings. The van der Waals surface area contributed by atoms with Crippen LogP contribution < -0.4 is 0 Å². The molecule has 2 saturated heterocycles. The topological polar surface area (TPSA) is 24.9 Å². The smallest absolute Gasteiger partial charge is 0.0594 e. The summed E-state index contributed by atoms with van der Waals surface area (Å²) in [6, 6.07) is 11.4. The van der Waals surface area contributed by atoms with Gasteiger partial charge in [-0.3, -0.25) is 9.80 Å². The molecular formula is C17H26N2O2. The summed E-state index contributed by atoms with van der Waals surface area (Å²) < 4.78 is 11.0. The summed E-state index contributed by atoms with van der Waals surface area (Å²) in [7, 11) is 0. The van der Waals surface area contributed by atoms with Gasteiger partial charge in [-0.1, -0.05) is 30.3 Å². The van der Waals surface area contributed by atoms with Gasteiger partial charge >= 0.3 is 0 Å². The minimum Gasteiger partial charge on any atom is -0.379 e. The minimum absolute atomic E-state index is 0.512. The largest absolute Gasteiger partial charge is 0.379 e. The number of hydrogen-bond donors (Lipinski definition) is 0.